The van der Waals surface area contributed by atoms with Crippen molar-refractivity contribution in [3.63, 3.8) is 0 Å². The van der Waals surface area contributed by atoms with Crippen molar-refractivity contribution in [2.45, 2.75) is 124 Å². The highest BCUT2D eigenvalue weighted by atomic mass is 32.2. The van der Waals surface area contributed by atoms with Crippen molar-refractivity contribution < 1.29 is 9.59 Å². The maximum atomic E-state index is 15.5. The van der Waals surface area contributed by atoms with E-state index in [2.05, 4.69) is 139 Å². The van der Waals surface area contributed by atoms with Gasteiger partial charge in [0.2, 0.25) is 0 Å². The third kappa shape index (κ3) is 10.0. The van der Waals surface area contributed by atoms with Gasteiger partial charge in [0, 0.05) is 48.1 Å². The Morgan fingerprint density at radius 1 is 0.525 bits per heavy atom. The van der Waals surface area contributed by atoms with Gasteiger partial charge in [0.15, 0.2) is 11.6 Å². The van der Waals surface area contributed by atoms with E-state index in [0.29, 0.717) is 33.6 Å². The highest BCUT2D eigenvalue weighted by molar-refractivity contribution is 8.00. The molecule has 61 heavy (non-hydrogen) atoms. The van der Waals surface area contributed by atoms with Crippen LogP contribution < -0.4 is 16.4 Å². The van der Waals surface area contributed by atoms with Gasteiger partial charge in [-0.05, 0) is 125 Å². The number of aryl methyl sites for hydroxylation is 1. The Balaban J connectivity index is 1.36. The van der Waals surface area contributed by atoms with Crippen LogP contribution in [0, 0.1) is 0 Å². The zero-order valence-corrected chi connectivity index (χ0v) is 38.5. The van der Waals surface area contributed by atoms with Crippen LogP contribution >= 0.6 is 23.5 Å². The second kappa shape index (κ2) is 18.5. The van der Waals surface area contributed by atoms with Crippen LogP contribution in [0.15, 0.2) is 141 Å². The van der Waals surface area contributed by atoms with E-state index in [0.717, 1.165) is 68.6 Å². The van der Waals surface area contributed by atoms with E-state index in [9.17, 15) is 0 Å². The quantitative estimate of drug-likeness (QED) is 0.101. The fraction of sp³-hybridized carbons (Fsp3) is 0.296. The monoisotopic (exact) mass is 845 g/mol. The molecule has 0 saturated carbocycles. The third-order valence-electron chi connectivity index (χ3n) is 11.4. The van der Waals surface area contributed by atoms with Crippen molar-refractivity contribution in [1.29, 1.82) is 0 Å². The highest BCUT2D eigenvalue weighted by Gasteiger charge is 2.38. The van der Waals surface area contributed by atoms with E-state index < -0.39 is 0 Å². The summed E-state index contributed by atoms with van der Waals surface area (Å²) in [6, 6.07) is 41.3. The number of carbonyl (C=O) groups is 2. The Labute approximate surface area is 371 Å². The summed E-state index contributed by atoms with van der Waals surface area (Å²) in [4.78, 5) is 34.5. The Morgan fingerprint density at radius 3 is 1.34 bits per heavy atom. The van der Waals surface area contributed by atoms with Crippen LogP contribution in [0.2, 0.25) is 0 Å². The molecule has 0 fully saturated rings. The lowest BCUT2D eigenvalue weighted by molar-refractivity contribution is 0.0976. The summed E-state index contributed by atoms with van der Waals surface area (Å²) < 4.78 is 0. The number of nitrogens with two attached hydrogens (primary N) is 1. The Hall–Kier alpha value is -5.08. The Kier molecular flexibility index (Phi) is 13.3. The van der Waals surface area contributed by atoms with Crippen LogP contribution in [0.25, 0.3) is 0 Å². The molecule has 0 bridgehead atoms. The number of ketones is 2. The molecular weight excluding hydrogens is 787 g/mol. The lowest BCUT2D eigenvalue weighted by atomic mass is 9.82. The predicted molar refractivity (Wildman–Crippen MR) is 258 cm³/mol. The van der Waals surface area contributed by atoms with E-state index in [1.54, 1.807) is 0 Å². The Morgan fingerprint density at radius 2 is 0.951 bits per heavy atom. The first-order chi connectivity index (χ1) is 29.1. The highest BCUT2D eigenvalue weighted by Crippen LogP contribution is 2.47. The predicted octanol–water partition coefficient (Wildman–Crippen LogP) is 15.0. The van der Waals surface area contributed by atoms with Crippen molar-refractivity contribution in [2.24, 2.45) is 5.73 Å². The molecule has 6 aromatic rings. The summed E-state index contributed by atoms with van der Waals surface area (Å²) in [6.07, 6.45) is 5.17. The lowest BCUT2D eigenvalue weighted by Crippen LogP contribution is -2.25. The van der Waals surface area contributed by atoms with E-state index in [-0.39, 0.29) is 28.4 Å². The maximum Gasteiger partial charge on any atom is 0.197 e. The average Bonchev–Trinajstić information content (AvgIpc) is 3.23. The molecule has 0 radical (unpaired) electrons. The number of anilines is 4. The molecule has 1 aliphatic rings. The molecule has 0 amide bonds. The molecule has 0 aromatic heterocycles. The minimum atomic E-state index is -0.188. The molecule has 7 heteroatoms. The van der Waals surface area contributed by atoms with Crippen LogP contribution in [-0.4, -0.2) is 11.6 Å². The summed E-state index contributed by atoms with van der Waals surface area (Å²) in [5, 5.41) is 7.09. The van der Waals surface area contributed by atoms with Gasteiger partial charge in [-0.25, -0.2) is 0 Å². The molecule has 6 aromatic carbocycles. The molecular formula is C54H59N3O2S2. The molecule has 0 spiro atoms. The van der Waals surface area contributed by atoms with Gasteiger partial charge < -0.3 is 16.4 Å². The fourth-order valence-corrected chi connectivity index (χ4v) is 9.67. The second-order valence-corrected chi connectivity index (χ2v) is 20.4. The van der Waals surface area contributed by atoms with Crippen molar-refractivity contribution >= 4 is 57.8 Å². The number of benzene rings is 6. The Bertz CT molecular complexity index is 2510. The van der Waals surface area contributed by atoms with Gasteiger partial charge in [-0.15, -0.1) is 0 Å². The number of nitrogens with one attached hydrogen (secondary N) is 2. The van der Waals surface area contributed by atoms with Gasteiger partial charge in [0.05, 0.1) is 22.5 Å². The van der Waals surface area contributed by atoms with Crippen LogP contribution in [-0.2, 0) is 17.3 Å². The van der Waals surface area contributed by atoms with Crippen molar-refractivity contribution in [2.75, 3.05) is 10.6 Å². The van der Waals surface area contributed by atoms with E-state index in [1.807, 2.05) is 48.5 Å². The maximum absolute atomic E-state index is 15.5. The number of rotatable bonds is 14. The molecule has 0 aliphatic heterocycles. The van der Waals surface area contributed by atoms with Gasteiger partial charge in [0.25, 0.3) is 0 Å². The summed E-state index contributed by atoms with van der Waals surface area (Å²) in [5.74, 6) is -0.373. The summed E-state index contributed by atoms with van der Waals surface area (Å²) >= 11 is 3.05. The molecule has 1 aliphatic carbocycles. The van der Waals surface area contributed by atoms with Gasteiger partial charge in [0.1, 0.15) is 0 Å². The van der Waals surface area contributed by atoms with Crippen molar-refractivity contribution in [3.8, 4) is 0 Å². The molecule has 0 heterocycles. The third-order valence-corrected chi connectivity index (χ3v) is 13.5. The number of hydrogen-bond donors (Lipinski definition) is 3. The second-order valence-electron chi connectivity index (χ2n) is 18.2. The zero-order chi connectivity index (χ0) is 43.5. The first kappa shape index (κ1) is 44.0. The van der Waals surface area contributed by atoms with E-state index in [1.165, 1.54) is 40.2 Å². The lowest BCUT2D eigenvalue weighted by Gasteiger charge is -2.27. The van der Waals surface area contributed by atoms with Crippen LogP contribution in [0.5, 0.6) is 0 Å². The number of carbonyl (C=O) groups excluding carboxylic acids is 2. The SMILES string of the molecule is CCCCc1ccc(Nc2ccc(Nc3ccc(C(N)CCC)cc3)c3c2C(=O)c2c(Sc4ccc(C(C)(C)C)cc4)ccc(Sc4ccc(C(C)(C)C)cc4)c2C3=O)cc1. The number of hydrogen-bond acceptors (Lipinski definition) is 7. The minimum Gasteiger partial charge on any atom is -0.355 e. The largest absolute Gasteiger partial charge is 0.355 e. The van der Waals surface area contributed by atoms with Crippen molar-refractivity contribution in [1.82, 2.24) is 0 Å². The molecule has 1 unspecified atom stereocenters. The minimum absolute atomic E-state index is 0.00645. The fourth-order valence-electron chi connectivity index (χ4n) is 7.76. The van der Waals surface area contributed by atoms with Gasteiger partial charge >= 0.3 is 0 Å². The first-order valence-electron chi connectivity index (χ1n) is 21.6. The van der Waals surface area contributed by atoms with Crippen LogP contribution in [0.4, 0.5) is 22.7 Å². The number of fused-ring (bicyclic) bond motifs is 2. The average molecular weight is 846 g/mol. The molecule has 4 N–H and O–H groups in total. The molecule has 7 rings (SSSR count). The molecule has 0 saturated heterocycles. The van der Waals surface area contributed by atoms with Crippen molar-refractivity contribution in [3.05, 3.63) is 166 Å². The molecule has 1 atom stereocenters. The van der Waals surface area contributed by atoms with Crippen LogP contribution in [0.3, 0.4) is 0 Å². The van der Waals surface area contributed by atoms with Gasteiger partial charge in [-0.3, -0.25) is 9.59 Å². The molecule has 5 nitrogen and oxygen atoms in total. The van der Waals surface area contributed by atoms with E-state index in [4.69, 9.17) is 5.73 Å². The van der Waals surface area contributed by atoms with E-state index >= 15 is 9.59 Å². The van der Waals surface area contributed by atoms with Crippen LogP contribution in [0.1, 0.15) is 141 Å². The summed E-state index contributed by atoms with van der Waals surface area (Å²) in [6.45, 7) is 17.5. The summed E-state index contributed by atoms with van der Waals surface area (Å²) in [7, 11) is 0. The molecule has 314 valence electrons. The standard InChI is InChI=1S/C54H59N3O2S2/c1-9-11-13-34-14-22-38(23-15-34)56-43-30-31-44(57-39-24-16-35(17-25-39)42(55)12-10-2)48-47(43)51(58)49-45(60-40-26-18-36(19-27-40)53(3,4)5)32-33-46(50(49)52(48)59)61-41-28-20-37(21-29-41)54(6,7)8/h14-33,42,56-57H,9-13,55H2,1-8H3. The van der Waals surface area contributed by atoms with Gasteiger partial charge in [-0.2, -0.15) is 0 Å². The number of unbranched alkanes of at least 4 members (excludes halogenated alkanes) is 1. The summed E-state index contributed by atoms with van der Waals surface area (Å²) in [5.41, 5.74) is 15.7. The van der Waals surface area contributed by atoms with Gasteiger partial charge in [-0.1, -0.05) is 140 Å². The normalized spacial score (nSPS) is 13.1. The smallest absolute Gasteiger partial charge is 0.197 e. The topological polar surface area (TPSA) is 84.2 Å². The first-order valence-corrected chi connectivity index (χ1v) is 23.3. The zero-order valence-electron chi connectivity index (χ0n) is 36.9.